The zero-order valence-corrected chi connectivity index (χ0v) is 16.9. The van der Waals surface area contributed by atoms with Gasteiger partial charge in [0.1, 0.15) is 0 Å². The van der Waals surface area contributed by atoms with Crippen LogP contribution in [0.5, 0.6) is 0 Å². The average Bonchev–Trinajstić information content (AvgIpc) is 2.78. The van der Waals surface area contributed by atoms with Gasteiger partial charge < -0.3 is 15.1 Å². The number of likely N-dealkylation sites (tertiary alicyclic amines) is 1. The maximum atomic E-state index is 4.81. The first kappa shape index (κ1) is 21.0. The monoisotopic (exact) mass is 410 g/mol. The second kappa shape index (κ2) is 10.6. The fourth-order valence-corrected chi connectivity index (χ4v) is 2.74. The lowest BCUT2D eigenvalue weighted by molar-refractivity contribution is 0.301. The van der Waals surface area contributed by atoms with Crippen molar-refractivity contribution in [2.45, 2.75) is 47.5 Å². The Labute approximate surface area is 148 Å². The Morgan fingerprint density at radius 2 is 1.90 bits per heavy atom. The SMILES string of the molecule is CCNC(=NCCCN(CC)CC)N1CCC(C)(C)C1.I. The van der Waals surface area contributed by atoms with E-state index < -0.39 is 0 Å². The van der Waals surface area contributed by atoms with Crippen LogP contribution in [0.25, 0.3) is 0 Å². The molecule has 0 aromatic heterocycles. The van der Waals surface area contributed by atoms with E-state index in [0.717, 1.165) is 58.2 Å². The third-order valence-corrected chi connectivity index (χ3v) is 4.10. The molecule has 0 aromatic carbocycles. The van der Waals surface area contributed by atoms with Gasteiger partial charge in [0.25, 0.3) is 0 Å². The summed E-state index contributed by atoms with van der Waals surface area (Å²) >= 11 is 0. The third-order valence-electron chi connectivity index (χ3n) is 4.10. The fourth-order valence-electron chi connectivity index (χ4n) is 2.74. The molecule has 0 radical (unpaired) electrons. The summed E-state index contributed by atoms with van der Waals surface area (Å²) < 4.78 is 0. The van der Waals surface area contributed by atoms with Gasteiger partial charge in [-0.05, 0) is 44.8 Å². The second-order valence-electron chi connectivity index (χ2n) is 6.45. The molecule has 0 aromatic rings. The summed E-state index contributed by atoms with van der Waals surface area (Å²) in [5.74, 6) is 1.11. The third kappa shape index (κ3) is 7.68. The number of nitrogens with zero attached hydrogens (tertiary/aromatic N) is 3. The Hall–Kier alpha value is -0.0400. The first-order valence-electron chi connectivity index (χ1n) is 8.28. The molecule has 1 saturated heterocycles. The number of aliphatic imine (C=N–C) groups is 1. The molecule has 0 spiro atoms. The van der Waals surface area contributed by atoms with E-state index in [2.05, 4.69) is 49.7 Å². The van der Waals surface area contributed by atoms with Crippen LogP contribution in [-0.2, 0) is 0 Å². The molecule has 21 heavy (non-hydrogen) atoms. The van der Waals surface area contributed by atoms with Crippen molar-refractivity contribution < 1.29 is 0 Å². The number of nitrogens with one attached hydrogen (secondary N) is 1. The molecule has 0 bridgehead atoms. The Balaban J connectivity index is 0.00000400. The molecule has 1 rings (SSSR count). The average molecular weight is 410 g/mol. The van der Waals surface area contributed by atoms with E-state index in [1.807, 2.05) is 0 Å². The lowest BCUT2D eigenvalue weighted by Gasteiger charge is -2.24. The molecule has 0 saturated carbocycles. The first-order chi connectivity index (χ1) is 9.52. The van der Waals surface area contributed by atoms with Crippen molar-refractivity contribution in [2.75, 3.05) is 45.8 Å². The molecule has 126 valence electrons. The number of halogens is 1. The molecular weight excluding hydrogens is 375 g/mol. The summed E-state index contributed by atoms with van der Waals surface area (Å²) in [5, 5.41) is 3.44. The van der Waals surface area contributed by atoms with E-state index in [1.165, 1.54) is 6.42 Å². The van der Waals surface area contributed by atoms with Gasteiger partial charge in [-0.1, -0.05) is 27.7 Å². The zero-order valence-electron chi connectivity index (χ0n) is 14.6. The van der Waals surface area contributed by atoms with E-state index in [9.17, 15) is 0 Å². The van der Waals surface area contributed by atoms with Crippen LogP contribution in [0.1, 0.15) is 47.5 Å². The van der Waals surface area contributed by atoms with E-state index in [0.29, 0.717) is 5.41 Å². The van der Waals surface area contributed by atoms with Crippen LogP contribution >= 0.6 is 24.0 Å². The molecule has 5 heteroatoms. The number of guanidine groups is 1. The molecule has 1 aliphatic rings. The van der Waals surface area contributed by atoms with Crippen molar-refractivity contribution in [3.63, 3.8) is 0 Å². The van der Waals surface area contributed by atoms with Gasteiger partial charge in [0.2, 0.25) is 0 Å². The highest BCUT2D eigenvalue weighted by Crippen LogP contribution is 2.28. The molecule has 0 aliphatic carbocycles. The first-order valence-corrected chi connectivity index (χ1v) is 8.28. The summed E-state index contributed by atoms with van der Waals surface area (Å²) in [6.45, 7) is 18.8. The summed E-state index contributed by atoms with van der Waals surface area (Å²) in [7, 11) is 0. The Morgan fingerprint density at radius 1 is 1.24 bits per heavy atom. The summed E-state index contributed by atoms with van der Waals surface area (Å²) in [6.07, 6.45) is 2.41. The molecular formula is C16H35IN4. The standard InChI is InChI=1S/C16H34N4.HI/c1-6-17-15(20-13-10-16(4,5)14-20)18-11-9-12-19(7-2)8-3;/h6-14H2,1-5H3,(H,17,18);1H. The van der Waals surface area contributed by atoms with E-state index in [1.54, 1.807) is 0 Å². The molecule has 1 N–H and O–H groups in total. The lowest BCUT2D eigenvalue weighted by Crippen LogP contribution is -2.41. The van der Waals surface area contributed by atoms with Gasteiger partial charge in [-0.3, -0.25) is 4.99 Å². The lowest BCUT2D eigenvalue weighted by atomic mass is 9.93. The Kier molecular flexibility index (Phi) is 10.6. The van der Waals surface area contributed by atoms with Crippen molar-refractivity contribution in [1.82, 2.24) is 15.1 Å². The van der Waals surface area contributed by atoms with E-state index >= 15 is 0 Å². The van der Waals surface area contributed by atoms with Gasteiger partial charge in [-0.25, -0.2) is 0 Å². The number of hydrogen-bond acceptors (Lipinski definition) is 2. The molecule has 0 amide bonds. The topological polar surface area (TPSA) is 30.9 Å². The van der Waals surface area contributed by atoms with Crippen LogP contribution in [0, 0.1) is 5.41 Å². The predicted molar refractivity (Wildman–Crippen MR) is 104 cm³/mol. The van der Waals surface area contributed by atoms with Crippen molar-refractivity contribution in [3.8, 4) is 0 Å². The minimum absolute atomic E-state index is 0. The van der Waals surface area contributed by atoms with Crippen molar-refractivity contribution in [3.05, 3.63) is 0 Å². The zero-order chi connectivity index (χ0) is 15.0. The van der Waals surface area contributed by atoms with Crippen LogP contribution in [0.3, 0.4) is 0 Å². The highest BCUT2D eigenvalue weighted by atomic mass is 127. The van der Waals surface area contributed by atoms with Gasteiger partial charge >= 0.3 is 0 Å². The van der Waals surface area contributed by atoms with Gasteiger partial charge in [-0.2, -0.15) is 0 Å². The van der Waals surface area contributed by atoms with Crippen LogP contribution < -0.4 is 5.32 Å². The van der Waals surface area contributed by atoms with Gasteiger partial charge in [0, 0.05) is 26.2 Å². The van der Waals surface area contributed by atoms with E-state index in [4.69, 9.17) is 4.99 Å². The van der Waals surface area contributed by atoms with Gasteiger partial charge in [0.15, 0.2) is 5.96 Å². The minimum Gasteiger partial charge on any atom is -0.357 e. The maximum absolute atomic E-state index is 4.81. The van der Waals surface area contributed by atoms with Crippen LogP contribution in [0.4, 0.5) is 0 Å². The van der Waals surface area contributed by atoms with Crippen molar-refractivity contribution in [2.24, 2.45) is 10.4 Å². The Bertz CT molecular complexity index is 301. The van der Waals surface area contributed by atoms with Crippen LogP contribution in [0.2, 0.25) is 0 Å². The van der Waals surface area contributed by atoms with Crippen LogP contribution in [0.15, 0.2) is 4.99 Å². The smallest absolute Gasteiger partial charge is 0.193 e. The van der Waals surface area contributed by atoms with Crippen molar-refractivity contribution >= 4 is 29.9 Å². The van der Waals surface area contributed by atoms with Crippen molar-refractivity contribution in [1.29, 1.82) is 0 Å². The number of rotatable bonds is 7. The number of hydrogen-bond donors (Lipinski definition) is 1. The normalized spacial score (nSPS) is 18.0. The van der Waals surface area contributed by atoms with Gasteiger partial charge in [0.05, 0.1) is 0 Å². The summed E-state index contributed by atoms with van der Waals surface area (Å²) in [4.78, 5) is 9.68. The maximum Gasteiger partial charge on any atom is 0.193 e. The van der Waals surface area contributed by atoms with Gasteiger partial charge in [-0.15, -0.1) is 24.0 Å². The highest BCUT2D eigenvalue weighted by molar-refractivity contribution is 14.0. The molecule has 1 fully saturated rings. The summed E-state index contributed by atoms with van der Waals surface area (Å²) in [6, 6.07) is 0. The fraction of sp³-hybridized carbons (Fsp3) is 0.938. The second-order valence-corrected chi connectivity index (χ2v) is 6.45. The molecule has 1 aliphatic heterocycles. The molecule has 4 nitrogen and oxygen atoms in total. The van der Waals surface area contributed by atoms with E-state index in [-0.39, 0.29) is 24.0 Å². The predicted octanol–water partition coefficient (Wildman–Crippen LogP) is 3.03. The molecule has 1 heterocycles. The highest BCUT2D eigenvalue weighted by Gasteiger charge is 2.30. The quantitative estimate of drug-likeness (QED) is 0.303. The molecule has 0 unspecified atom stereocenters. The largest absolute Gasteiger partial charge is 0.357 e. The van der Waals surface area contributed by atoms with Crippen LogP contribution in [-0.4, -0.2) is 61.6 Å². The summed E-state index contributed by atoms with van der Waals surface area (Å²) in [5.41, 5.74) is 0.428. The molecule has 0 atom stereocenters. The minimum atomic E-state index is 0. The Morgan fingerprint density at radius 3 is 2.38 bits per heavy atom.